The summed E-state index contributed by atoms with van der Waals surface area (Å²) in [7, 11) is 0. The highest BCUT2D eigenvalue weighted by atomic mass is 19.4. The number of benzene rings is 2. The van der Waals surface area contributed by atoms with Crippen LogP contribution in [0.4, 0.5) is 50.0 Å². The van der Waals surface area contributed by atoms with E-state index in [9.17, 15) is 49.1 Å². The van der Waals surface area contributed by atoms with Crippen molar-refractivity contribution in [3.63, 3.8) is 0 Å². The van der Waals surface area contributed by atoms with Crippen LogP contribution in [0.25, 0.3) is 0 Å². The fraction of sp³-hybridized carbons (Fsp3) is 0.533. The molecule has 0 bridgehead atoms. The molecule has 2 aromatic carbocycles. The third-order valence-electron chi connectivity index (χ3n) is 8.33. The van der Waals surface area contributed by atoms with Crippen LogP contribution in [-0.4, -0.2) is 47.1 Å². The summed E-state index contributed by atoms with van der Waals surface area (Å²) in [5, 5.41) is 9.13. The number of hydrogen-bond donors (Lipinski definition) is 1. The van der Waals surface area contributed by atoms with E-state index in [4.69, 9.17) is 9.84 Å². The van der Waals surface area contributed by atoms with Crippen molar-refractivity contribution in [3.05, 3.63) is 58.7 Å². The molecule has 1 aliphatic carbocycles. The Morgan fingerprint density at radius 3 is 2.04 bits per heavy atom. The molecule has 0 radical (unpaired) electrons. The van der Waals surface area contributed by atoms with Gasteiger partial charge in [0.1, 0.15) is 11.9 Å². The molecule has 2 atom stereocenters. The van der Waals surface area contributed by atoms with Crippen molar-refractivity contribution in [1.29, 1.82) is 0 Å². The highest BCUT2D eigenvalue weighted by molar-refractivity contribution is 5.72. The molecule has 1 saturated carbocycles. The fourth-order valence-corrected chi connectivity index (χ4v) is 6.19. The Morgan fingerprint density at radius 1 is 0.957 bits per heavy atom. The quantitative estimate of drug-likeness (QED) is 0.270. The second-order valence-electron chi connectivity index (χ2n) is 11.4. The predicted octanol–water partition coefficient (Wildman–Crippen LogP) is 8.56. The van der Waals surface area contributed by atoms with Gasteiger partial charge in [0.2, 0.25) is 0 Å². The number of nitrogens with zero attached hydrogens (tertiary/aromatic N) is 2. The van der Waals surface area contributed by atoms with E-state index in [2.05, 4.69) is 4.74 Å². The van der Waals surface area contributed by atoms with Gasteiger partial charge >= 0.3 is 30.8 Å². The van der Waals surface area contributed by atoms with Crippen molar-refractivity contribution < 1.29 is 63.7 Å². The molecule has 0 aromatic heterocycles. The van der Waals surface area contributed by atoms with Crippen molar-refractivity contribution in [2.24, 2.45) is 5.92 Å². The Kier molecular flexibility index (Phi) is 9.97. The summed E-state index contributed by atoms with van der Waals surface area (Å²) in [5.74, 6) is -1.54. The largest absolute Gasteiger partial charge is 0.573 e. The Morgan fingerprint density at radius 2 is 1.54 bits per heavy atom. The van der Waals surface area contributed by atoms with Crippen molar-refractivity contribution >= 4 is 17.7 Å². The zero-order chi connectivity index (χ0) is 34.2. The standard InChI is InChI=1S/C30H31F9N2O5/c1-3-40(22-6-4-17(5-7-22)10-25(42)43)24-9-8-23(46-30(37,38)39)13-19(24)15-41-16(2)26(45-27(41)44)18-11-20(28(31,32)33)14-21(12-18)29(34,35)36/h8-9,11-14,16-17,22,26H,3-7,10,15H2,1-2H3,(H,42,43)/t16-,17?,22?,26-/m0/s1. The number of ether oxygens (including phenoxy) is 2. The maximum Gasteiger partial charge on any atom is 0.573 e. The molecule has 46 heavy (non-hydrogen) atoms. The first-order chi connectivity index (χ1) is 21.3. The van der Waals surface area contributed by atoms with Gasteiger partial charge in [-0.3, -0.25) is 9.69 Å². The highest BCUT2D eigenvalue weighted by Gasteiger charge is 2.44. The van der Waals surface area contributed by atoms with Crippen LogP contribution in [0.5, 0.6) is 5.75 Å². The van der Waals surface area contributed by atoms with Crippen LogP contribution in [0.1, 0.15) is 74.3 Å². The van der Waals surface area contributed by atoms with Crippen molar-refractivity contribution in [1.82, 2.24) is 4.90 Å². The van der Waals surface area contributed by atoms with E-state index >= 15 is 0 Å². The second-order valence-corrected chi connectivity index (χ2v) is 11.4. The molecule has 0 unspecified atom stereocenters. The fourth-order valence-electron chi connectivity index (χ4n) is 6.19. The highest BCUT2D eigenvalue weighted by Crippen LogP contribution is 2.42. The topological polar surface area (TPSA) is 79.3 Å². The summed E-state index contributed by atoms with van der Waals surface area (Å²) in [6.45, 7) is 3.13. The molecular formula is C30H31F9N2O5. The van der Waals surface area contributed by atoms with E-state index in [1.54, 1.807) is 0 Å². The zero-order valence-electron chi connectivity index (χ0n) is 24.6. The van der Waals surface area contributed by atoms with E-state index in [1.807, 2.05) is 11.8 Å². The van der Waals surface area contributed by atoms with E-state index in [0.29, 0.717) is 50.0 Å². The first-order valence-corrected chi connectivity index (χ1v) is 14.4. The smallest absolute Gasteiger partial charge is 0.481 e. The number of carboxylic acids is 1. The van der Waals surface area contributed by atoms with E-state index in [-0.39, 0.29) is 30.0 Å². The number of hydrogen-bond acceptors (Lipinski definition) is 5. The Balaban J connectivity index is 1.67. The van der Waals surface area contributed by atoms with Crippen LogP contribution >= 0.6 is 0 Å². The molecule has 1 heterocycles. The molecule has 1 aliphatic heterocycles. The number of anilines is 1. The molecule has 7 nitrogen and oxygen atoms in total. The molecule has 2 fully saturated rings. The lowest BCUT2D eigenvalue weighted by molar-refractivity contribution is -0.274. The van der Waals surface area contributed by atoms with Gasteiger partial charge in [0.15, 0.2) is 0 Å². The summed E-state index contributed by atoms with van der Waals surface area (Å²) in [6, 6.07) is 3.20. The SMILES string of the molecule is CCN(c1ccc(OC(F)(F)F)cc1CN1C(=O)O[C@H](c2cc(C(F)(F)F)cc(C(F)(F)F)c2)[C@@H]1C)C1CCC(CC(=O)O)CC1. The molecule has 1 N–H and O–H groups in total. The average Bonchev–Trinajstić information content (AvgIpc) is 3.21. The van der Waals surface area contributed by atoms with Crippen molar-refractivity contribution in [2.45, 2.75) is 89.4 Å². The predicted molar refractivity (Wildman–Crippen MR) is 145 cm³/mol. The van der Waals surface area contributed by atoms with Crippen LogP contribution in [-0.2, 0) is 28.4 Å². The van der Waals surface area contributed by atoms with Gasteiger partial charge in [0.05, 0.1) is 23.7 Å². The lowest BCUT2D eigenvalue weighted by Crippen LogP contribution is -2.39. The summed E-state index contributed by atoms with van der Waals surface area (Å²) in [6.07, 6.45) is -15.6. The van der Waals surface area contributed by atoms with Crippen LogP contribution in [0, 0.1) is 5.92 Å². The molecule has 0 spiro atoms. The molecule has 16 heteroatoms. The number of rotatable bonds is 9. The van der Waals surface area contributed by atoms with E-state index < -0.39 is 71.9 Å². The van der Waals surface area contributed by atoms with E-state index in [0.717, 1.165) is 17.0 Å². The lowest BCUT2D eigenvalue weighted by Gasteiger charge is -2.39. The van der Waals surface area contributed by atoms with Crippen LogP contribution < -0.4 is 9.64 Å². The normalized spacial score (nSPS) is 22.5. The number of cyclic esters (lactones) is 1. The maximum atomic E-state index is 13.5. The van der Waals surface area contributed by atoms with E-state index in [1.165, 1.54) is 13.0 Å². The van der Waals surface area contributed by atoms with Gasteiger partial charge in [-0.15, -0.1) is 13.2 Å². The first-order valence-electron chi connectivity index (χ1n) is 14.4. The minimum absolute atomic E-state index is 0.0139. The van der Waals surface area contributed by atoms with Gasteiger partial charge < -0.3 is 19.5 Å². The molecular weight excluding hydrogens is 639 g/mol. The number of alkyl halides is 9. The van der Waals surface area contributed by atoms with Crippen molar-refractivity contribution in [3.8, 4) is 5.75 Å². The Hall–Kier alpha value is -3.85. The van der Waals surface area contributed by atoms with Crippen LogP contribution in [0.3, 0.4) is 0 Å². The second kappa shape index (κ2) is 13.1. The number of carbonyl (C=O) groups excluding carboxylic acids is 1. The van der Waals surface area contributed by atoms with Gasteiger partial charge in [-0.2, -0.15) is 26.3 Å². The number of carboxylic acid groups (broad SMARTS) is 1. The molecule has 2 aliphatic rings. The maximum absolute atomic E-state index is 13.5. The van der Waals surface area contributed by atoms with Gasteiger partial charge in [-0.1, -0.05) is 0 Å². The summed E-state index contributed by atoms with van der Waals surface area (Å²) >= 11 is 0. The minimum atomic E-state index is -5.13. The number of halogens is 9. The number of amides is 1. The van der Waals surface area contributed by atoms with Crippen LogP contribution in [0.2, 0.25) is 0 Å². The average molecular weight is 671 g/mol. The Labute approximate surface area is 257 Å². The minimum Gasteiger partial charge on any atom is -0.481 e. The van der Waals surface area contributed by atoms with Gasteiger partial charge in [0.25, 0.3) is 0 Å². The molecule has 4 rings (SSSR count). The zero-order valence-corrected chi connectivity index (χ0v) is 24.6. The monoisotopic (exact) mass is 670 g/mol. The summed E-state index contributed by atoms with van der Waals surface area (Å²) < 4.78 is 130. The number of carbonyl (C=O) groups is 2. The lowest BCUT2D eigenvalue weighted by atomic mass is 9.83. The molecule has 254 valence electrons. The third-order valence-corrected chi connectivity index (χ3v) is 8.33. The Bertz CT molecular complexity index is 1390. The van der Waals surface area contributed by atoms with Gasteiger partial charge in [-0.05, 0) is 93.0 Å². The van der Waals surface area contributed by atoms with Gasteiger partial charge in [0, 0.05) is 24.7 Å². The first kappa shape index (κ1) is 35.0. The summed E-state index contributed by atoms with van der Waals surface area (Å²) in [5.41, 5.74) is -3.13. The third kappa shape index (κ3) is 8.29. The van der Waals surface area contributed by atoms with Crippen LogP contribution in [0.15, 0.2) is 36.4 Å². The molecule has 1 amide bonds. The molecule has 2 aromatic rings. The summed E-state index contributed by atoms with van der Waals surface area (Å²) in [4.78, 5) is 27.1. The van der Waals surface area contributed by atoms with Gasteiger partial charge in [-0.25, -0.2) is 4.79 Å². The molecule has 1 saturated heterocycles. The number of aliphatic carboxylic acids is 1. The van der Waals surface area contributed by atoms with Crippen molar-refractivity contribution in [2.75, 3.05) is 11.4 Å².